The molecule has 0 bridgehead atoms. The van der Waals surface area contributed by atoms with Crippen LogP contribution in [-0.4, -0.2) is 4.40 Å². The minimum Gasteiger partial charge on any atom is -0.414 e. The molecule has 2 heterocycles. The van der Waals surface area contributed by atoms with Crippen LogP contribution in [0.2, 0.25) is 0 Å². The van der Waals surface area contributed by atoms with Crippen molar-refractivity contribution in [3.63, 3.8) is 0 Å². The standard InChI is InChI=1S/C12H8BrNO2/c1-7-6-10-11(13)8-4-2-3-5-9(8)14(10)12(15)16-7/h2-6H,1H3. The molecule has 4 heteroatoms. The van der Waals surface area contributed by atoms with Crippen LogP contribution in [0.3, 0.4) is 0 Å². The Balaban J connectivity index is 2.73. The predicted octanol–water partition coefficient (Wildman–Crippen LogP) is 3.12. The molecule has 16 heavy (non-hydrogen) atoms. The average molecular weight is 278 g/mol. The van der Waals surface area contributed by atoms with E-state index in [4.69, 9.17) is 4.42 Å². The minimum absolute atomic E-state index is 0.350. The third-order valence-electron chi connectivity index (χ3n) is 2.62. The lowest BCUT2D eigenvalue weighted by Gasteiger charge is -1.96. The molecule has 0 aliphatic carbocycles. The highest BCUT2D eigenvalue weighted by molar-refractivity contribution is 9.10. The molecule has 3 aromatic rings. The van der Waals surface area contributed by atoms with Gasteiger partial charge in [0.05, 0.1) is 15.5 Å². The van der Waals surface area contributed by atoms with Crippen molar-refractivity contribution in [2.24, 2.45) is 0 Å². The second kappa shape index (κ2) is 3.22. The second-order valence-electron chi connectivity index (χ2n) is 3.67. The Bertz CT molecular complexity index is 755. The van der Waals surface area contributed by atoms with Crippen LogP contribution in [0.4, 0.5) is 0 Å². The lowest BCUT2D eigenvalue weighted by molar-refractivity contribution is 0.452. The molecule has 0 aliphatic heterocycles. The van der Waals surface area contributed by atoms with Crippen molar-refractivity contribution < 1.29 is 4.42 Å². The van der Waals surface area contributed by atoms with Crippen LogP contribution in [0.15, 0.2) is 44.0 Å². The number of fused-ring (bicyclic) bond motifs is 3. The van der Waals surface area contributed by atoms with Crippen LogP contribution in [0.1, 0.15) is 5.76 Å². The first kappa shape index (κ1) is 9.66. The number of halogens is 1. The van der Waals surface area contributed by atoms with Crippen LogP contribution < -0.4 is 5.76 Å². The zero-order valence-electron chi connectivity index (χ0n) is 8.53. The predicted molar refractivity (Wildman–Crippen MR) is 65.9 cm³/mol. The first-order valence-corrected chi connectivity index (χ1v) is 5.67. The van der Waals surface area contributed by atoms with Gasteiger partial charge in [-0.3, -0.25) is 0 Å². The summed E-state index contributed by atoms with van der Waals surface area (Å²) in [4.78, 5) is 11.8. The van der Waals surface area contributed by atoms with Crippen LogP contribution in [0.5, 0.6) is 0 Å². The summed E-state index contributed by atoms with van der Waals surface area (Å²) in [5, 5.41) is 1.01. The molecule has 3 nitrogen and oxygen atoms in total. The number of benzene rings is 1. The Morgan fingerprint density at radius 3 is 2.81 bits per heavy atom. The largest absolute Gasteiger partial charge is 0.424 e. The van der Waals surface area contributed by atoms with Crippen LogP contribution in [-0.2, 0) is 0 Å². The SMILES string of the molecule is Cc1cc2c(Br)c3ccccc3n2c(=O)o1. The molecule has 0 N–H and O–H groups in total. The molecule has 0 radical (unpaired) electrons. The molecule has 0 aliphatic rings. The number of aryl methyl sites for hydroxylation is 1. The number of hydrogen-bond acceptors (Lipinski definition) is 2. The van der Waals surface area contributed by atoms with E-state index in [0.717, 1.165) is 20.9 Å². The molecular weight excluding hydrogens is 270 g/mol. The third-order valence-corrected chi connectivity index (χ3v) is 3.45. The van der Waals surface area contributed by atoms with E-state index < -0.39 is 0 Å². The van der Waals surface area contributed by atoms with Gasteiger partial charge in [0, 0.05) is 11.5 Å². The molecule has 0 fully saturated rings. The van der Waals surface area contributed by atoms with Gasteiger partial charge in [0.2, 0.25) is 0 Å². The van der Waals surface area contributed by atoms with Crippen molar-refractivity contribution >= 4 is 32.3 Å². The van der Waals surface area contributed by atoms with Gasteiger partial charge in [-0.25, -0.2) is 9.20 Å². The van der Waals surface area contributed by atoms with E-state index in [1.165, 1.54) is 0 Å². The fraction of sp³-hybridized carbons (Fsp3) is 0.0833. The summed E-state index contributed by atoms with van der Waals surface area (Å²) in [6.45, 7) is 1.77. The Labute approximate surface area is 99.4 Å². The highest BCUT2D eigenvalue weighted by atomic mass is 79.9. The Hall–Kier alpha value is -1.55. The van der Waals surface area contributed by atoms with Crippen molar-refractivity contribution in [1.29, 1.82) is 0 Å². The maximum absolute atomic E-state index is 11.8. The first-order valence-electron chi connectivity index (χ1n) is 4.88. The van der Waals surface area contributed by atoms with Gasteiger partial charge in [-0.15, -0.1) is 0 Å². The van der Waals surface area contributed by atoms with Crippen molar-refractivity contribution in [2.45, 2.75) is 6.92 Å². The highest BCUT2D eigenvalue weighted by Gasteiger charge is 2.12. The number of hydrogen-bond donors (Lipinski definition) is 0. The van der Waals surface area contributed by atoms with Gasteiger partial charge in [-0.05, 0) is 28.9 Å². The summed E-state index contributed by atoms with van der Waals surface area (Å²) < 4.78 is 7.60. The quantitative estimate of drug-likeness (QED) is 0.633. The number of aromatic nitrogens is 1. The Kier molecular flexibility index (Phi) is 1.94. The van der Waals surface area contributed by atoms with Gasteiger partial charge in [0.15, 0.2) is 0 Å². The lowest BCUT2D eigenvalue weighted by atomic mass is 10.2. The lowest BCUT2D eigenvalue weighted by Crippen LogP contribution is -2.10. The average Bonchev–Trinajstić information content (AvgIpc) is 2.54. The Morgan fingerprint density at radius 2 is 2.00 bits per heavy atom. The normalized spacial score (nSPS) is 11.4. The summed E-state index contributed by atoms with van der Waals surface area (Å²) >= 11 is 3.52. The van der Waals surface area contributed by atoms with Crippen molar-refractivity contribution in [1.82, 2.24) is 4.40 Å². The maximum atomic E-state index is 11.8. The van der Waals surface area contributed by atoms with E-state index in [1.54, 1.807) is 11.3 Å². The Morgan fingerprint density at radius 1 is 1.25 bits per heavy atom. The zero-order chi connectivity index (χ0) is 11.3. The van der Waals surface area contributed by atoms with Gasteiger partial charge in [0.1, 0.15) is 5.76 Å². The molecule has 0 spiro atoms. The molecule has 0 atom stereocenters. The topological polar surface area (TPSA) is 34.6 Å². The molecule has 3 rings (SSSR count). The van der Waals surface area contributed by atoms with E-state index in [9.17, 15) is 4.79 Å². The van der Waals surface area contributed by atoms with E-state index in [1.807, 2.05) is 30.3 Å². The highest BCUT2D eigenvalue weighted by Crippen LogP contribution is 2.30. The van der Waals surface area contributed by atoms with Crippen LogP contribution in [0.25, 0.3) is 16.4 Å². The van der Waals surface area contributed by atoms with Crippen molar-refractivity contribution in [3.05, 3.63) is 51.1 Å². The number of nitrogens with zero attached hydrogens (tertiary/aromatic N) is 1. The molecule has 0 unspecified atom stereocenters. The zero-order valence-corrected chi connectivity index (χ0v) is 10.1. The summed E-state index contributed by atoms with van der Waals surface area (Å²) in [7, 11) is 0. The summed E-state index contributed by atoms with van der Waals surface area (Å²) in [5.41, 5.74) is 1.70. The van der Waals surface area contributed by atoms with Gasteiger partial charge < -0.3 is 4.42 Å². The fourth-order valence-electron chi connectivity index (χ4n) is 1.95. The van der Waals surface area contributed by atoms with E-state index >= 15 is 0 Å². The molecule has 0 saturated carbocycles. The number of para-hydroxylation sites is 1. The smallest absolute Gasteiger partial charge is 0.414 e. The van der Waals surface area contributed by atoms with Gasteiger partial charge >= 0.3 is 5.76 Å². The maximum Gasteiger partial charge on any atom is 0.424 e. The second-order valence-corrected chi connectivity index (χ2v) is 4.47. The minimum atomic E-state index is -0.350. The molecule has 2 aromatic heterocycles. The fourth-order valence-corrected chi connectivity index (χ4v) is 2.58. The summed E-state index contributed by atoms with van der Waals surface area (Å²) in [6, 6.07) is 9.58. The van der Waals surface area contributed by atoms with Crippen molar-refractivity contribution in [2.75, 3.05) is 0 Å². The van der Waals surface area contributed by atoms with Crippen LogP contribution in [0, 0.1) is 6.92 Å². The molecule has 0 saturated heterocycles. The molecule has 0 amide bonds. The van der Waals surface area contributed by atoms with Gasteiger partial charge in [-0.2, -0.15) is 0 Å². The van der Waals surface area contributed by atoms with E-state index in [0.29, 0.717) is 5.76 Å². The molecular formula is C12H8BrNO2. The van der Waals surface area contributed by atoms with Gasteiger partial charge in [-0.1, -0.05) is 18.2 Å². The van der Waals surface area contributed by atoms with Gasteiger partial charge in [0.25, 0.3) is 0 Å². The van der Waals surface area contributed by atoms with E-state index in [-0.39, 0.29) is 5.76 Å². The summed E-state index contributed by atoms with van der Waals surface area (Å²) in [6.07, 6.45) is 0. The molecule has 1 aromatic carbocycles. The first-order chi connectivity index (χ1) is 7.68. The monoisotopic (exact) mass is 277 g/mol. The van der Waals surface area contributed by atoms with Crippen molar-refractivity contribution in [3.8, 4) is 0 Å². The van der Waals surface area contributed by atoms with E-state index in [2.05, 4.69) is 15.9 Å². The third kappa shape index (κ3) is 1.16. The summed E-state index contributed by atoms with van der Waals surface area (Å²) in [5.74, 6) is 0.262. The number of rotatable bonds is 0. The van der Waals surface area contributed by atoms with Crippen LogP contribution >= 0.6 is 15.9 Å². The molecule has 80 valence electrons.